The fraction of sp³-hybridized carbons (Fsp3) is 0.118. The zero-order valence-electron chi connectivity index (χ0n) is 12.4. The van der Waals surface area contributed by atoms with Gasteiger partial charge in [0, 0.05) is 28.5 Å². The summed E-state index contributed by atoms with van der Waals surface area (Å²) in [5.41, 5.74) is 1.58. The number of aromatic nitrogens is 1. The number of nitrogens with zero attached hydrogens (tertiary/aromatic N) is 1. The molecule has 1 aromatic heterocycles. The summed E-state index contributed by atoms with van der Waals surface area (Å²) in [7, 11) is 0. The molecule has 124 valence electrons. The topological polar surface area (TPSA) is 76.4 Å². The van der Waals surface area contributed by atoms with Crippen molar-refractivity contribution in [3.8, 4) is 0 Å². The van der Waals surface area contributed by atoms with E-state index in [9.17, 15) is 14.4 Å². The van der Waals surface area contributed by atoms with Crippen molar-refractivity contribution < 1.29 is 19.5 Å². The third-order valence-corrected chi connectivity index (χ3v) is 3.82. The van der Waals surface area contributed by atoms with E-state index in [-0.39, 0.29) is 0 Å². The molecule has 0 bridgehead atoms. The summed E-state index contributed by atoms with van der Waals surface area (Å²) in [6.45, 7) is 0.477. The number of Topliss-reactive ketones (excluding diaryl/α,β-unsaturated/α-hetero) is 1. The van der Waals surface area contributed by atoms with Gasteiger partial charge in [0.05, 0.1) is 6.42 Å². The molecule has 0 amide bonds. The van der Waals surface area contributed by atoms with Crippen molar-refractivity contribution in [1.29, 1.82) is 0 Å². The highest BCUT2D eigenvalue weighted by molar-refractivity contribution is 6.37. The zero-order chi connectivity index (χ0) is 17.7. The Morgan fingerprint density at radius 2 is 1.92 bits per heavy atom. The zero-order valence-corrected chi connectivity index (χ0v) is 13.9. The van der Waals surface area contributed by atoms with E-state index in [2.05, 4.69) is 0 Å². The van der Waals surface area contributed by atoms with E-state index < -0.39 is 24.0 Å². The van der Waals surface area contributed by atoms with Crippen molar-refractivity contribution in [3.63, 3.8) is 0 Å². The number of allylic oxidation sites excluding steroid dienone is 1. The fourth-order valence-corrected chi connectivity index (χ4v) is 2.50. The van der Waals surface area contributed by atoms with Gasteiger partial charge in [-0.3, -0.25) is 9.59 Å². The van der Waals surface area contributed by atoms with Crippen molar-refractivity contribution >= 4 is 46.8 Å². The molecule has 2 aromatic rings. The Labute approximate surface area is 148 Å². The van der Waals surface area contributed by atoms with Gasteiger partial charge in [0.1, 0.15) is 0 Å². The molecule has 0 radical (unpaired) electrons. The molecule has 1 aromatic carbocycles. The third-order valence-electron chi connectivity index (χ3n) is 3.23. The monoisotopic (exact) mass is 365 g/mol. The van der Waals surface area contributed by atoms with Crippen molar-refractivity contribution in [2.75, 3.05) is 0 Å². The summed E-state index contributed by atoms with van der Waals surface area (Å²) in [6, 6.07) is 8.79. The lowest BCUT2D eigenvalue weighted by Gasteiger charge is -2.09. The first-order chi connectivity index (χ1) is 11.4. The molecule has 0 atom stereocenters. The Morgan fingerprint density at radius 3 is 2.58 bits per heavy atom. The number of benzene rings is 1. The molecule has 1 N–H and O–H groups in total. The molecule has 0 saturated carbocycles. The van der Waals surface area contributed by atoms with Crippen LogP contribution in [-0.2, 0) is 20.9 Å². The van der Waals surface area contributed by atoms with E-state index in [0.717, 1.165) is 11.3 Å². The summed E-state index contributed by atoms with van der Waals surface area (Å²) in [4.78, 5) is 33.0. The van der Waals surface area contributed by atoms with Gasteiger partial charge in [0.25, 0.3) is 0 Å². The highest BCUT2D eigenvalue weighted by atomic mass is 35.5. The highest BCUT2D eigenvalue weighted by Crippen LogP contribution is 2.22. The lowest BCUT2D eigenvalue weighted by molar-refractivity contribution is -0.149. The second-order valence-electron chi connectivity index (χ2n) is 5.00. The van der Waals surface area contributed by atoms with E-state index in [1.54, 1.807) is 24.3 Å². The van der Waals surface area contributed by atoms with Crippen LogP contribution in [0.15, 0.2) is 42.6 Å². The maximum absolute atomic E-state index is 11.6. The highest BCUT2D eigenvalue weighted by Gasteiger charge is 2.14. The number of ketones is 2. The van der Waals surface area contributed by atoms with Gasteiger partial charge in [-0.05, 0) is 42.0 Å². The molecule has 0 aliphatic carbocycles. The van der Waals surface area contributed by atoms with Crippen LogP contribution in [0.3, 0.4) is 0 Å². The molecule has 24 heavy (non-hydrogen) atoms. The van der Waals surface area contributed by atoms with Crippen molar-refractivity contribution in [2.24, 2.45) is 0 Å². The van der Waals surface area contributed by atoms with Gasteiger partial charge in [0.2, 0.25) is 5.78 Å². The maximum Gasteiger partial charge on any atom is 0.372 e. The summed E-state index contributed by atoms with van der Waals surface area (Å²) < 4.78 is 1.86. The number of carbonyl (C=O) groups is 3. The molecule has 7 heteroatoms. The first kappa shape index (κ1) is 18.0. The van der Waals surface area contributed by atoms with E-state index in [1.807, 2.05) is 16.8 Å². The summed E-state index contributed by atoms with van der Waals surface area (Å²) in [6.07, 6.45) is 3.88. The van der Waals surface area contributed by atoms with E-state index in [4.69, 9.17) is 28.3 Å². The molecule has 0 unspecified atom stereocenters. The Morgan fingerprint density at radius 1 is 1.17 bits per heavy atom. The van der Waals surface area contributed by atoms with Crippen molar-refractivity contribution in [2.45, 2.75) is 13.0 Å². The molecule has 1 heterocycles. The number of rotatable bonds is 7. The Kier molecular flexibility index (Phi) is 5.95. The minimum absolute atomic E-state index is 0.477. The van der Waals surface area contributed by atoms with E-state index in [1.165, 1.54) is 12.2 Å². The van der Waals surface area contributed by atoms with Crippen LogP contribution in [0.25, 0.3) is 6.08 Å². The lowest BCUT2D eigenvalue weighted by Crippen LogP contribution is -2.15. The molecule has 0 fully saturated rings. The Bertz CT molecular complexity index is 824. The van der Waals surface area contributed by atoms with Gasteiger partial charge < -0.3 is 9.67 Å². The average molecular weight is 366 g/mol. The van der Waals surface area contributed by atoms with Gasteiger partial charge in [0.15, 0.2) is 5.78 Å². The second-order valence-corrected chi connectivity index (χ2v) is 5.85. The van der Waals surface area contributed by atoms with Gasteiger partial charge in [-0.2, -0.15) is 0 Å². The lowest BCUT2D eigenvalue weighted by atomic mass is 10.2. The number of hydrogen-bond donors (Lipinski definition) is 1. The van der Waals surface area contributed by atoms with Crippen LogP contribution >= 0.6 is 23.2 Å². The number of carboxylic acid groups (broad SMARTS) is 1. The van der Waals surface area contributed by atoms with Crippen LogP contribution in [0.2, 0.25) is 10.0 Å². The van der Waals surface area contributed by atoms with Gasteiger partial charge in [-0.1, -0.05) is 29.3 Å². The SMILES string of the molecule is O=C(/C=C/c1cccn1Cc1ccc(Cl)cc1Cl)CC(=O)C(=O)O. The largest absolute Gasteiger partial charge is 0.475 e. The normalized spacial score (nSPS) is 10.9. The minimum Gasteiger partial charge on any atom is -0.475 e. The van der Waals surface area contributed by atoms with E-state index in [0.29, 0.717) is 16.6 Å². The minimum atomic E-state index is -1.61. The fourth-order valence-electron chi connectivity index (χ4n) is 2.03. The summed E-state index contributed by atoms with van der Waals surface area (Å²) in [5.74, 6) is -3.31. The number of hydrogen-bond acceptors (Lipinski definition) is 3. The van der Waals surface area contributed by atoms with Crippen LogP contribution in [0.5, 0.6) is 0 Å². The number of carboxylic acids is 1. The third kappa shape index (κ3) is 4.81. The van der Waals surface area contributed by atoms with Crippen LogP contribution in [0, 0.1) is 0 Å². The van der Waals surface area contributed by atoms with Gasteiger partial charge >= 0.3 is 5.97 Å². The van der Waals surface area contributed by atoms with Gasteiger partial charge in [-0.15, -0.1) is 0 Å². The van der Waals surface area contributed by atoms with Crippen LogP contribution in [0.4, 0.5) is 0 Å². The molecule has 0 aliphatic rings. The molecular formula is C17H13Cl2NO4. The predicted octanol–water partition coefficient (Wildman–Crippen LogP) is 3.47. The van der Waals surface area contributed by atoms with Crippen LogP contribution in [0.1, 0.15) is 17.7 Å². The predicted molar refractivity (Wildman–Crippen MR) is 91.3 cm³/mol. The summed E-state index contributed by atoms with van der Waals surface area (Å²) >= 11 is 12.0. The first-order valence-electron chi connectivity index (χ1n) is 6.93. The van der Waals surface area contributed by atoms with Crippen molar-refractivity contribution in [1.82, 2.24) is 4.57 Å². The molecule has 5 nitrogen and oxygen atoms in total. The molecule has 0 spiro atoms. The van der Waals surface area contributed by atoms with Crippen molar-refractivity contribution in [3.05, 3.63) is 63.9 Å². The van der Waals surface area contributed by atoms with Crippen LogP contribution in [-0.4, -0.2) is 27.2 Å². The molecule has 0 aliphatic heterocycles. The van der Waals surface area contributed by atoms with Crippen LogP contribution < -0.4 is 0 Å². The maximum atomic E-state index is 11.6. The summed E-state index contributed by atoms with van der Waals surface area (Å²) in [5, 5.41) is 9.57. The molecular weight excluding hydrogens is 353 g/mol. The Balaban J connectivity index is 2.10. The number of aliphatic carboxylic acids is 1. The quantitative estimate of drug-likeness (QED) is 0.463. The van der Waals surface area contributed by atoms with Gasteiger partial charge in [-0.25, -0.2) is 4.79 Å². The molecule has 2 rings (SSSR count). The standard InChI is InChI=1S/C17H13Cl2NO4/c18-12-4-3-11(15(19)8-12)10-20-7-1-2-13(20)5-6-14(21)9-16(22)17(23)24/h1-8H,9-10H2,(H,23,24)/b6-5+. The first-order valence-corrected chi connectivity index (χ1v) is 7.68. The Hall–Kier alpha value is -2.37. The van der Waals surface area contributed by atoms with E-state index >= 15 is 0 Å². The smallest absolute Gasteiger partial charge is 0.372 e. The molecule has 0 saturated heterocycles. The number of carbonyl (C=O) groups excluding carboxylic acids is 2. The second kappa shape index (κ2) is 7.95. The number of halogens is 2. The average Bonchev–Trinajstić information content (AvgIpc) is 2.95.